The molecule has 0 aromatic carbocycles. The number of hydrogen-bond acceptors (Lipinski definition) is 4. The second kappa shape index (κ2) is 6.23. The highest BCUT2D eigenvalue weighted by Crippen LogP contribution is 2.38. The Morgan fingerprint density at radius 1 is 1.33 bits per heavy atom. The Hall–Kier alpha value is -1.93. The van der Waals surface area contributed by atoms with Gasteiger partial charge in [-0.25, -0.2) is 18.6 Å². The number of esters is 1. The molecule has 0 atom stereocenters. The van der Waals surface area contributed by atoms with Gasteiger partial charge < -0.3 is 10.5 Å². The number of pyridine rings is 1. The maximum atomic E-state index is 13.0. The summed E-state index contributed by atoms with van der Waals surface area (Å²) in [5, 5.41) is 0. The van der Waals surface area contributed by atoms with E-state index < -0.39 is 41.2 Å². The number of rotatable bonds is 4. The molecule has 1 aromatic rings. The summed E-state index contributed by atoms with van der Waals surface area (Å²) in [6, 6.07) is 0. The fraction of sp³-hybridized carbons (Fsp3) is 0.500. The van der Waals surface area contributed by atoms with Crippen LogP contribution < -0.4 is 5.73 Å². The normalized spacial score (nSPS) is 11.8. The first-order chi connectivity index (χ1) is 9.65. The van der Waals surface area contributed by atoms with E-state index in [0.29, 0.717) is 0 Å². The largest absolute Gasteiger partial charge is 0.462 e. The molecule has 0 radical (unpaired) electrons. The molecule has 0 aliphatic carbocycles. The molecule has 0 bridgehead atoms. The number of alkyl halides is 5. The van der Waals surface area contributed by atoms with Gasteiger partial charge in [-0.2, -0.15) is 13.2 Å². The van der Waals surface area contributed by atoms with Gasteiger partial charge in [0.1, 0.15) is 5.69 Å². The van der Waals surface area contributed by atoms with Crippen molar-refractivity contribution in [2.45, 2.75) is 32.9 Å². The minimum absolute atomic E-state index is 0.148. The number of nitrogen functional groups attached to an aromatic ring is 1. The molecule has 0 fully saturated rings. The van der Waals surface area contributed by atoms with Crippen LogP contribution in [-0.2, 0) is 17.3 Å². The quantitative estimate of drug-likeness (QED) is 0.684. The van der Waals surface area contributed by atoms with Gasteiger partial charge in [0.2, 0.25) is 0 Å². The molecule has 1 heterocycles. The molecule has 0 unspecified atom stereocenters. The molecule has 0 aliphatic heterocycles. The Morgan fingerprint density at radius 2 is 1.90 bits per heavy atom. The van der Waals surface area contributed by atoms with Gasteiger partial charge in [0, 0.05) is 0 Å². The van der Waals surface area contributed by atoms with Crippen LogP contribution in [0.25, 0.3) is 0 Å². The maximum Gasteiger partial charge on any atom is 0.434 e. The number of halogens is 5. The minimum Gasteiger partial charge on any atom is -0.462 e. The van der Waals surface area contributed by atoms with E-state index >= 15 is 0 Å². The minimum atomic E-state index is -5.08. The fourth-order valence-electron chi connectivity index (χ4n) is 1.83. The highest BCUT2D eigenvalue weighted by atomic mass is 19.4. The van der Waals surface area contributed by atoms with E-state index in [1.54, 1.807) is 0 Å². The Balaban J connectivity index is 3.73. The summed E-state index contributed by atoms with van der Waals surface area (Å²) in [5.41, 5.74) is 0.658. The maximum absolute atomic E-state index is 13.0. The standard InChI is InChI=1S/C12H13F5N2O2/c1-3-5-6(11(20)21-4-2)9(12(15,16)17)19-8(7(5)18)10(13)14/h10H,3-4,18H2,1-2H3. The predicted molar refractivity (Wildman–Crippen MR) is 63.9 cm³/mol. The van der Waals surface area contributed by atoms with Crippen molar-refractivity contribution >= 4 is 11.7 Å². The fourth-order valence-corrected chi connectivity index (χ4v) is 1.83. The van der Waals surface area contributed by atoms with E-state index in [4.69, 9.17) is 5.73 Å². The van der Waals surface area contributed by atoms with Crippen LogP contribution in [0.2, 0.25) is 0 Å². The van der Waals surface area contributed by atoms with Crippen molar-refractivity contribution in [2.24, 2.45) is 0 Å². The third-order valence-electron chi connectivity index (χ3n) is 2.68. The van der Waals surface area contributed by atoms with Crippen molar-refractivity contribution in [3.05, 3.63) is 22.5 Å². The van der Waals surface area contributed by atoms with E-state index in [1.165, 1.54) is 13.8 Å². The van der Waals surface area contributed by atoms with Gasteiger partial charge in [0.15, 0.2) is 5.69 Å². The lowest BCUT2D eigenvalue weighted by atomic mass is 10.00. The van der Waals surface area contributed by atoms with Gasteiger partial charge in [0.25, 0.3) is 6.43 Å². The monoisotopic (exact) mass is 312 g/mol. The second-order valence-electron chi connectivity index (χ2n) is 3.99. The number of aromatic nitrogens is 1. The van der Waals surface area contributed by atoms with Gasteiger partial charge in [-0.05, 0) is 18.9 Å². The summed E-state index contributed by atoms with van der Waals surface area (Å²) in [6.45, 7) is 2.63. The highest BCUT2D eigenvalue weighted by Gasteiger charge is 2.41. The van der Waals surface area contributed by atoms with Crippen LogP contribution in [0.3, 0.4) is 0 Å². The molecule has 0 spiro atoms. The zero-order valence-corrected chi connectivity index (χ0v) is 11.2. The van der Waals surface area contributed by atoms with Crippen LogP contribution in [0.5, 0.6) is 0 Å². The molecule has 2 N–H and O–H groups in total. The molecular weight excluding hydrogens is 299 g/mol. The number of ether oxygens (including phenoxy) is 1. The van der Waals surface area contributed by atoms with Crippen LogP contribution in [0.15, 0.2) is 0 Å². The Morgan fingerprint density at radius 3 is 2.29 bits per heavy atom. The molecule has 4 nitrogen and oxygen atoms in total. The number of anilines is 1. The van der Waals surface area contributed by atoms with Crippen molar-refractivity contribution in [3.8, 4) is 0 Å². The summed E-state index contributed by atoms with van der Waals surface area (Å²) in [4.78, 5) is 14.6. The third kappa shape index (κ3) is 3.40. The van der Waals surface area contributed by atoms with Gasteiger partial charge in [-0.1, -0.05) is 6.92 Å². The number of nitrogens with zero attached hydrogens (tertiary/aromatic N) is 1. The zero-order valence-electron chi connectivity index (χ0n) is 11.2. The number of hydrogen-bond donors (Lipinski definition) is 1. The summed E-state index contributed by atoms with van der Waals surface area (Å²) in [7, 11) is 0. The lowest BCUT2D eigenvalue weighted by Gasteiger charge is -2.18. The summed E-state index contributed by atoms with van der Waals surface area (Å²) < 4.78 is 69.0. The SMILES string of the molecule is CCOC(=O)c1c(C(F)(F)F)nc(C(F)F)c(N)c1CC. The highest BCUT2D eigenvalue weighted by molar-refractivity contribution is 5.94. The van der Waals surface area contributed by atoms with E-state index in [1.807, 2.05) is 0 Å². The second-order valence-corrected chi connectivity index (χ2v) is 3.99. The number of nitrogens with two attached hydrogens (primary N) is 1. The molecule has 1 rings (SSSR count). The molecular formula is C12H13F5N2O2. The average Bonchev–Trinajstić information content (AvgIpc) is 2.36. The molecule has 0 saturated heterocycles. The lowest BCUT2D eigenvalue weighted by Crippen LogP contribution is -2.22. The first-order valence-electron chi connectivity index (χ1n) is 5.99. The first kappa shape index (κ1) is 17.1. The van der Waals surface area contributed by atoms with Crippen LogP contribution in [0.4, 0.5) is 27.6 Å². The number of carbonyl (C=O) groups is 1. The third-order valence-corrected chi connectivity index (χ3v) is 2.68. The smallest absolute Gasteiger partial charge is 0.434 e. The van der Waals surface area contributed by atoms with Crippen LogP contribution >= 0.6 is 0 Å². The van der Waals surface area contributed by atoms with Crippen LogP contribution in [0, 0.1) is 0 Å². The van der Waals surface area contributed by atoms with E-state index in [-0.39, 0.29) is 18.6 Å². The molecule has 0 aliphatic rings. The Bertz CT molecular complexity index is 543. The molecule has 0 amide bonds. The van der Waals surface area contributed by atoms with Crippen molar-refractivity contribution in [3.63, 3.8) is 0 Å². The van der Waals surface area contributed by atoms with Crippen molar-refractivity contribution in [1.29, 1.82) is 0 Å². The first-order valence-corrected chi connectivity index (χ1v) is 5.99. The van der Waals surface area contributed by atoms with Crippen molar-refractivity contribution < 1.29 is 31.5 Å². The summed E-state index contributed by atoms with van der Waals surface area (Å²) >= 11 is 0. The van der Waals surface area contributed by atoms with Gasteiger partial charge in [-0.15, -0.1) is 0 Å². The molecule has 1 aromatic heterocycles. The average molecular weight is 312 g/mol. The predicted octanol–water partition coefficient (Wildman–Crippen LogP) is 3.36. The van der Waals surface area contributed by atoms with Crippen LogP contribution in [-0.4, -0.2) is 17.6 Å². The lowest BCUT2D eigenvalue weighted by molar-refractivity contribution is -0.142. The van der Waals surface area contributed by atoms with Gasteiger partial charge in [-0.3, -0.25) is 0 Å². The van der Waals surface area contributed by atoms with Crippen LogP contribution in [0.1, 0.15) is 47.6 Å². The molecule has 21 heavy (non-hydrogen) atoms. The topological polar surface area (TPSA) is 65.2 Å². The van der Waals surface area contributed by atoms with E-state index in [2.05, 4.69) is 9.72 Å². The zero-order chi connectivity index (χ0) is 16.4. The Kier molecular flexibility index (Phi) is 5.08. The molecule has 118 valence electrons. The number of carbonyl (C=O) groups excluding carboxylic acids is 1. The van der Waals surface area contributed by atoms with Crippen molar-refractivity contribution in [2.75, 3.05) is 12.3 Å². The summed E-state index contributed by atoms with van der Waals surface area (Å²) in [6.07, 6.45) is -8.51. The molecule has 9 heteroatoms. The van der Waals surface area contributed by atoms with E-state index in [0.717, 1.165) is 0 Å². The van der Waals surface area contributed by atoms with E-state index in [9.17, 15) is 26.7 Å². The van der Waals surface area contributed by atoms with Gasteiger partial charge in [0.05, 0.1) is 17.9 Å². The van der Waals surface area contributed by atoms with Crippen molar-refractivity contribution in [1.82, 2.24) is 4.98 Å². The van der Waals surface area contributed by atoms with Gasteiger partial charge >= 0.3 is 12.1 Å². The Labute approximate surface area is 117 Å². The molecule has 0 saturated carbocycles. The summed E-state index contributed by atoms with van der Waals surface area (Å²) in [5.74, 6) is -1.29.